The SMILES string of the molecule is C=CC(=O)N1CC2CN(C)c3c(c4cc(Cl)c(-c5c(N)c(Cl)cc(Cl)c5F)c(F)c4n(-c4c(C(C)C)ncnc4C(C)C)c3=O)N2CC1C. The van der Waals surface area contributed by atoms with Crippen molar-refractivity contribution >= 4 is 68.7 Å². The Labute approximate surface area is 297 Å². The molecule has 6 rings (SSSR count). The summed E-state index contributed by atoms with van der Waals surface area (Å²) in [7, 11) is 1.79. The molecule has 49 heavy (non-hydrogen) atoms. The number of fused-ring (bicyclic) bond motifs is 5. The highest BCUT2D eigenvalue weighted by Crippen LogP contribution is 2.48. The minimum Gasteiger partial charge on any atom is -0.397 e. The fraction of sp³-hybridized carbons (Fsp3) is 0.371. The number of anilines is 3. The highest BCUT2D eigenvalue weighted by Gasteiger charge is 2.42. The zero-order chi connectivity index (χ0) is 35.8. The Balaban J connectivity index is 1.82. The summed E-state index contributed by atoms with van der Waals surface area (Å²) in [5, 5.41) is -0.338. The van der Waals surface area contributed by atoms with E-state index in [1.54, 1.807) is 11.9 Å². The number of hydrogen-bond acceptors (Lipinski definition) is 7. The van der Waals surface area contributed by atoms with E-state index in [1.807, 2.05) is 44.4 Å². The fourth-order valence-corrected chi connectivity index (χ4v) is 7.91. The molecular weight excluding hydrogens is 695 g/mol. The summed E-state index contributed by atoms with van der Waals surface area (Å²) in [4.78, 5) is 42.6. The van der Waals surface area contributed by atoms with Gasteiger partial charge < -0.3 is 20.4 Å². The van der Waals surface area contributed by atoms with Crippen LogP contribution < -0.4 is 21.1 Å². The van der Waals surface area contributed by atoms with Gasteiger partial charge in [0.25, 0.3) is 5.56 Å². The number of carbonyl (C=O) groups is 1. The molecule has 2 N–H and O–H groups in total. The molecular formula is C35H36Cl3F2N7O2. The maximum absolute atomic E-state index is 17.7. The lowest BCUT2D eigenvalue weighted by Crippen LogP contribution is -2.64. The average molecular weight is 731 g/mol. The number of halogens is 5. The maximum atomic E-state index is 17.7. The van der Waals surface area contributed by atoms with Crippen molar-refractivity contribution in [2.75, 3.05) is 42.2 Å². The predicted molar refractivity (Wildman–Crippen MR) is 194 cm³/mol. The van der Waals surface area contributed by atoms with Gasteiger partial charge in [-0.15, -0.1) is 0 Å². The number of aromatic nitrogens is 3. The van der Waals surface area contributed by atoms with Crippen LogP contribution in [0.5, 0.6) is 0 Å². The van der Waals surface area contributed by atoms with E-state index in [0.29, 0.717) is 53.5 Å². The first-order valence-electron chi connectivity index (χ1n) is 15.9. The third-order valence-corrected chi connectivity index (χ3v) is 10.3. The number of hydrogen-bond donors (Lipinski definition) is 1. The van der Waals surface area contributed by atoms with E-state index in [2.05, 4.69) is 16.5 Å². The Morgan fingerprint density at radius 3 is 2.16 bits per heavy atom. The summed E-state index contributed by atoms with van der Waals surface area (Å²) < 4.78 is 34.8. The lowest BCUT2D eigenvalue weighted by atomic mass is 9.95. The van der Waals surface area contributed by atoms with E-state index in [1.165, 1.54) is 23.0 Å². The highest BCUT2D eigenvalue weighted by atomic mass is 35.5. The summed E-state index contributed by atoms with van der Waals surface area (Å²) in [6.07, 6.45) is 2.72. The Morgan fingerprint density at radius 1 is 0.939 bits per heavy atom. The van der Waals surface area contributed by atoms with Crippen LogP contribution in [0, 0.1) is 11.6 Å². The van der Waals surface area contributed by atoms with Gasteiger partial charge in [-0.05, 0) is 37.0 Å². The van der Waals surface area contributed by atoms with Gasteiger partial charge in [0, 0.05) is 49.2 Å². The minimum atomic E-state index is -1.01. The number of likely N-dealkylation sites (N-methyl/N-ethyl adjacent to an activating group) is 1. The van der Waals surface area contributed by atoms with Crippen LogP contribution in [0.15, 0.2) is 35.9 Å². The number of amides is 1. The predicted octanol–water partition coefficient (Wildman–Crippen LogP) is 7.56. The van der Waals surface area contributed by atoms with Crippen LogP contribution in [0.25, 0.3) is 27.7 Å². The topological polar surface area (TPSA) is 101 Å². The van der Waals surface area contributed by atoms with Gasteiger partial charge >= 0.3 is 0 Å². The van der Waals surface area contributed by atoms with Gasteiger partial charge in [0.15, 0.2) is 11.6 Å². The van der Waals surface area contributed by atoms with Crippen LogP contribution in [0.2, 0.25) is 15.1 Å². The van der Waals surface area contributed by atoms with Crippen molar-refractivity contribution in [1.82, 2.24) is 19.4 Å². The van der Waals surface area contributed by atoms with Crippen molar-refractivity contribution in [3.63, 3.8) is 0 Å². The van der Waals surface area contributed by atoms with Crippen molar-refractivity contribution in [1.29, 1.82) is 0 Å². The van der Waals surface area contributed by atoms with Gasteiger partial charge in [0.05, 0.1) is 55.1 Å². The molecule has 0 radical (unpaired) electrons. The first kappa shape index (κ1) is 34.9. The number of rotatable bonds is 5. The number of piperazine rings is 1. The smallest absolute Gasteiger partial charge is 0.281 e. The van der Waals surface area contributed by atoms with Crippen LogP contribution in [0.3, 0.4) is 0 Å². The van der Waals surface area contributed by atoms with Gasteiger partial charge in [0.1, 0.15) is 12.0 Å². The molecule has 2 atom stereocenters. The summed E-state index contributed by atoms with van der Waals surface area (Å²) >= 11 is 19.4. The lowest BCUT2D eigenvalue weighted by Gasteiger charge is -2.51. The maximum Gasteiger partial charge on any atom is 0.281 e. The number of nitrogens with zero attached hydrogens (tertiary/aromatic N) is 6. The van der Waals surface area contributed by atoms with Crippen molar-refractivity contribution in [2.45, 2.75) is 58.5 Å². The van der Waals surface area contributed by atoms with Gasteiger partial charge in [-0.25, -0.2) is 18.7 Å². The molecule has 1 saturated heterocycles. The Morgan fingerprint density at radius 2 is 1.57 bits per heavy atom. The van der Waals surface area contributed by atoms with Gasteiger partial charge in [0.2, 0.25) is 5.91 Å². The number of carbonyl (C=O) groups excluding carboxylic acids is 1. The molecule has 4 aromatic rings. The quantitative estimate of drug-likeness (QED) is 0.129. The lowest BCUT2D eigenvalue weighted by molar-refractivity contribution is -0.128. The molecule has 2 aromatic heterocycles. The molecule has 2 aliphatic rings. The van der Waals surface area contributed by atoms with Crippen molar-refractivity contribution in [2.24, 2.45) is 0 Å². The van der Waals surface area contributed by atoms with E-state index in [-0.39, 0.29) is 56.1 Å². The second-order valence-electron chi connectivity index (χ2n) is 13.3. The normalized spacial score (nSPS) is 17.6. The number of nitrogens with two attached hydrogens (primary N) is 1. The van der Waals surface area contributed by atoms with Crippen LogP contribution >= 0.6 is 34.8 Å². The van der Waals surface area contributed by atoms with Gasteiger partial charge in [-0.2, -0.15) is 0 Å². The third kappa shape index (κ3) is 5.41. The molecule has 0 aliphatic carbocycles. The number of benzene rings is 2. The van der Waals surface area contributed by atoms with Crippen LogP contribution in [0.4, 0.5) is 25.8 Å². The standard InChI is InChI=1S/C35H36Cl3F2N7O2/c1-8-23(48)45-13-18-12-44(7)34-32(46(18)11-17(45)6)19-9-20(36)24(25-26(39)21(37)10-22(38)28(25)41)27(40)31(19)47(35(34)49)33-29(15(2)3)42-14-43-30(33)16(4)5/h8-10,14-18H,1,11-13,41H2,2-7H3. The van der Waals surface area contributed by atoms with Crippen molar-refractivity contribution in [3.05, 3.63) is 79.6 Å². The van der Waals surface area contributed by atoms with E-state index in [4.69, 9.17) is 40.5 Å². The molecule has 0 bridgehead atoms. The number of pyridine rings is 1. The Bertz CT molecular complexity index is 2070. The van der Waals surface area contributed by atoms with Gasteiger partial charge in [-0.1, -0.05) is 69.1 Å². The molecule has 14 heteroatoms. The van der Waals surface area contributed by atoms with E-state index < -0.39 is 28.3 Å². The van der Waals surface area contributed by atoms with Crippen molar-refractivity contribution < 1.29 is 13.6 Å². The molecule has 258 valence electrons. The molecule has 2 aliphatic heterocycles. The van der Waals surface area contributed by atoms with Crippen LogP contribution in [-0.4, -0.2) is 64.1 Å². The third-order valence-electron chi connectivity index (χ3n) is 9.41. The minimum absolute atomic E-state index is 0.0918. The van der Waals surface area contributed by atoms with Crippen LogP contribution in [0.1, 0.15) is 57.8 Å². The summed E-state index contributed by atoms with van der Waals surface area (Å²) in [5.41, 5.74) is 6.63. The molecule has 1 amide bonds. The summed E-state index contributed by atoms with van der Waals surface area (Å²) in [6, 6.07) is 2.14. The molecule has 1 fully saturated rings. The molecule has 4 heterocycles. The van der Waals surface area contributed by atoms with Crippen molar-refractivity contribution in [3.8, 4) is 16.8 Å². The van der Waals surface area contributed by atoms with E-state index in [0.717, 1.165) is 6.07 Å². The molecule has 9 nitrogen and oxygen atoms in total. The Hall–Kier alpha value is -3.93. The fourth-order valence-electron chi connectivity index (χ4n) is 7.16. The van der Waals surface area contributed by atoms with Crippen LogP contribution in [-0.2, 0) is 4.79 Å². The van der Waals surface area contributed by atoms with E-state index in [9.17, 15) is 4.79 Å². The first-order chi connectivity index (χ1) is 23.1. The molecule has 2 unspecified atom stereocenters. The highest BCUT2D eigenvalue weighted by molar-refractivity contribution is 6.38. The van der Waals surface area contributed by atoms with E-state index >= 15 is 13.6 Å². The monoisotopic (exact) mass is 729 g/mol. The molecule has 0 spiro atoms. The molecule has 0 saturated carbocycles. The Kier molecular flexibility index (Phi) is 9.09. The van der Waals surface area contributed by atoms with Gasteiger partial charge in [-0.3, -0.25) is 14.2 Å². The first-order valence-corrected chi connectivity index (χ1v) is 17.0. The average Bonchev–Trinajstić information content (AvgIpc) is 3.04. The second kappa shape index (κ2) is 12.8. The second-order valence-corrected chi connectivity index (χ2v) is 14.5. The summed E-state index contributed by atoms with van der Waals surface area (Å²) in [6.45, 7) is 14.3. The number of nitrogen functional groups attached to an aromatic ring is 1. The summed E-state index contributed by atoms with van der Waals surface area (Å²) in [5.74, 6) is -2.60. The largest absolute Gasteiger partial charge is 0.397 e. The zero-order valence-electron chi connectivity index (χ0n) is 27.9. The molecule has 2 aromatic carbocycles. The zero-order valence-corrected chi connectivity index (χ0v) is 30.2.